The van der Waals surface area contributed by atoms with Gasteiger partial charge in [-0.2, -0.15) is 0 Å². The molecule has 0 radical (unpaired) electrons. The Hall–Kier alpha value is -1.82. The molecule has 0 unspecified atom stereocenters. The summed E-state index contributed by atoms with van der Waals surface area (Å²) in [6.07, 6.45) is 0. The van der Waals surface area contributed by atoms with Crippen molar-refractivity contribution in [3.63, 3.8) is 0 Å². The summed E-state index contributed by atoms with van der Waals surface area (Å²) in [6.45, 7) is 0. The molecule has 2 rings (SSSR count). The van der Waals surface area contributed by atoms with Crippen LogP contribution in [0.5, 0.6) is 0 Å². The van der Waals surface area contributed by atoms with E-state index in [1.54, 1.807) is 0 Å². The van der Waals surface area contributed by atoms with Crippen LogP contribution in [0.25, 0.3) is 0 Å². The van der Waals surface area contributed by atoms with E-state index in [2.05, 4.69) is 10.3 Å². The maximum atomic E-state index is 13.3. The Labute approximate surface area is 104 Å². The average Bonchev–Trinajstić information content (AvgIpc) is 2.32. The van der Waals surface area contributed by atoms with Gasteiger partial charge in [-0.15, -0.1) is 0 Å². The predicted octanol–water partition coefficient (Wildman–Crippen LogP) is 4.04. The van der Waals surface area contributed by atoms with E-state index in [4.69, 9.17) is 11.6 Å². The Morgan fingerprint density at radius 1 is 1.00 bits per heavy atom. The van der Waals surface area contributed by atoms with Gasteiger partial charge in [0.05, 0.1) is 0 Å². The quantitative estimate of drug-likeness (QED) is 0.509. The van der Waals surface area contributed by atoms with Crippen molar-refractivity contribution in [2.45, 2.75) is 0 Å². The van der Waals surface area contributed by atoms with Gasteiger partial charge < -0.3 is 5.32 Å². The van der Waals surface area contributed by atoms with Crippen LogP contribution in [0.2, 0.25) is 5.15 Å². The fourth-order valence-corrected chi connectivity index (χ4v) is 1.45. The molecule has 0 amide bonds. The minimum Gasteiger partial charge on any atom is -0.335 e. The summed E-state index contributed by atoms with van der Waals surface area (Å²) in [6, 6.07) is 4.36. The highest BCUT2D eigenvalue weighted by Gasteiger charge is 2.19. The Kier molecular flexibility index (Phi) is 3.38. The van der Waals surface area contributed by atoms with E-state index in [-0.39, 0.29) is 17.0 Å². The molecule has 0 bridgehead atoms. The molecule has 0 fully saturated rings. The minimum atomic E-state index is -1.53. The normalized spacial score (nSPS) is 10.5. The van der Waals surface area contributed by atoms with Crippen molar-refractivity contribution >= 4 is 23.1 Å². The number of benzene rings is 1. The van der Waals surface area contributed by atoms with Crippen LogP contribution in [-0.2, 0) is 0 Å². The first-order valence-electron chi connectivity index (χ1n) is 4.71. The van der Waals surface area contributed by atoms with Gasteiger partial charge in [0, 0.05) is 6.07 Å². The Morgan fingerprint density at radius 2 is 1.61 bits per heavy atom. The number of hydrogen-bond acceptors (Lipinski definition) is 2. The molecule has 0 aliphatic rings. The lowest BCUT2D eigenvalue weighted by Gasteiger charge is -2.09. The molecule has 0 atom stereocenters. The third kappa shape index (κ3) is 2.38. The lowest BCUT2D eigenvalue weighted by atomic mass is 10.2. The van der Waals surface area contributed by atoms with Crippen LogP contribution in [0.1, 0.15) is 0 Å². The molecular formula is C11H5ClF4N2. The van der Waals surface area contributed by atoms with E-state index < -0.39 is 29.0 Å². The summed E-state index contributed by atoms with van der Waals surface area (Å²) in [5.41, 5.74) is -0.956. The third-order valence-electron chi connectivity index (χ3n) is 2.08. The van der Waals surface area contributed by atoms with Gasteiger partial charge in [-0.25, -0.2) is 22.5 Å². The second-order valence-corrected chi connectivity index (χ2v) is 3.70. The molecule has 1 aromatic heterocycles. The molecule has 1 heterocycles. The molecule has 2 nitrogen and oxygen atoms in total. The molecule has 0 aliphatic carbocycles. The SMILES string of the molecule is Fc1cc(F)c(F)c(Nc2cccc(Cl)n2)c1F. The highest BCUT2D eigenvalue weighted by Crippen LogP contribution is 2.26. The van der Waals surface area contributed by atoms with Crippen LogP contribution in [0.4, 0.5) is 29.1 Å². The van der Waals surface area contributed by atoms with E-state index in [0.29, 0.717) is 0 Å². The highest BCUT2D eigenvalue weighted by molar-refractivity contribution is 6.29. The van der Waals surface area contributed by atoms with Crippen LogP contribution >= 0.6 is 11.6 Å². The second kappa shape index (κ2) is 4.81. The number of halogens is 5. The molecule has 2 aromatic rings. The average molecular weight is 277 g/mol. The first-order chi connectivity index (χ1) is 8.49. The van der Waals surface area contributed by atoms with Gasteiger partial charge in [-0.05, 0) is 12.1 Å². The number of rotatable bonds is 2. The summed E-state index contributed by atoms with van der Waals surface area (Å²) in [5, 5.41) is 2.20. The topological polar surface area (TPSA) is 24.9 Å². The fourth-order valence-electron chi connectivity index (χ4n) is 1.29. The number of pyridine rings is 1. The molecule has 1 aromatic carbocycles. The minimum absolute atomic E-state index is 0.0368. The van der Waals surface area contributed by atoms with E-state index in [1.807, 2.05) is 0 Å². The van der Waals surface area contributed by atoms with Crippen molar-refractivity contribution < 1.29 is 17.6 Å². The van der Waals surface area contributed by atoms with Gasteiger partial charge in [0.2, 0.25) is 0 Å². The van der Waals surface area contributed by atoms with Crippen molar-refractivity contribution in [3.05, 3.63) is 52.7 Å². The molecule has 1 N–H and O–H groups in total. The molecular weight excluding hydrogens is 272 g/mol. The van der Waals surface area contributed by atoms with Crippen LogP contribution in [-0.4, -0.2) is 4.98 Å². The number of hydrogen-bond donors (Lipinski definition) is 1. The summed E-state index contributed by atoms with van der Waals surface area (Å²) in [4.78, 5) is 3.69. The molecule has 0 saturated heterocycles. The number of nitrogens with one attached hydrogen (secondary N) is 1. The van der Waals surface area contributed by atoms with Crippen LogP contribution in [0.3, 0.4) is 0 Å². The first kappa shape index (κ1) is 12.6. The van der Waals surface area contributed by atoms with Crippen molar-refractivity contribution in [2.75, 3.05) is 5.32 Å². The van der Waals surface area contributed by atoms with E-state index >= 15 is 0 Å². The fraction of sp³-hybridized carbons (Fsp3) is 0. The number of anilines is 2. The summed E-state index contributed by atoms with van der Waals surface area (Å²) in [7, 11) is 0. The maximum absolute atomic E-state index is 13.3. The van der Waals surface area contributed by atoms with Gasteiger partial charge in [0.25, 0.3) is 0 Å². The molecule has 0 aliphatic heterocycles. The lowest BCUT2D eigenvalue weighted by Crippen LogP contribution is -2.03. The van der Waals surface area contributed by atoms with E-state index in [1.165, 1.54) is 18.2 Å². The monoisotopic (exact) mass is 276 g/mol. The standard InChI is InChI=1S/C11H5ClF4N2/c12-7-2-1-3-8(17-7)18-11-9(15)5(13)4-6(14)10(11)16/h1-4H,(H,17,18). The van der Waals surface area contributed by atoms with Crippen molar-refractivity contribution in [1.82, 2.24) is 4.98 Å². The van der Waals surface area contributed by atoms with Gasteiger partial charge in [-0.1, -0.05) is 17.7 Å². The Balaban J connectivity index is 2.46. The van der Waals surface area contributed by atoms with Gasteiger partial charge in [-0.3, -0.25) is 0 Å². The number of nitrogens with zero attached hydrogens (tertiary/aromatic N) is 1. The lowest BCUT2D eigenvalue weighted by molar-refractivity contribution is 0.459. The molecule has 18 heavy (non-hydrogen) atoms. The van der Waals surface area contributed by atoms with Gasteiger partial charge >= 0.3 is 0 Å². The van der Waals surface area contributed by atoms with Gasteiger partial charge in [0.15, 0.2) is 23.3 Å². The predicted molar refractivity (Wildman–Crippen MR) is 58.8 cm³/mol. The molecule has 7 heteroatoms. The molecule has 0 spiro atoms. The largest absolute Gasteiger partial charge is 0.335 e. The summed E-state index contributed by atoms with van der Waals surface area (Å²) < 4.78 is 52.5. The zero-order chi connectivity index (χ0) is 13.3. The summed E-state index contributed by atoms with van der Waals surface area (Å²) in [5.74, 6) is -6.10. The maximum Gasteiger partial charge on any atom is 0.185 e. The zero-order valence-corrected chi connectivity index (χ0v) is 9.40. The number of aromatic nitrogens is 1. The van der Waals surface area contributed by atoms with Gasteiger partial charge in [0.1, 0.15) is 16.7 Å². The van der Waals surface area contributed by atoms with E-state index in [9.17, 15) is 17.6 Å². The molecule has 94 valence electrons. The zero-order valence-electron chi connectivity index (χ0n) is 8.65. The van der Waals surface area contributed by atoms with Crippen molar-refractivity contribution in [3.8, 4) is 0 Å². The second-order valence-electron chi connectivity index (χ2n) is 3.31. The van der Waals surface area contributed by atoms with E-state index in [0.717, 1.165) is 0 Å². The van der Waals surface area contributed by atoms with Crippen LogP contribution in [0.15, 0.2) is 24.3 Å². The smallest absolute Gasteiger partial charge is 0.185 e. The third-order valence-corrected chi connectivity index (χ3v) is 2.29. The Morgan fingerprint density at radius 3 is 2.17 bits per heavy atom. The van der Waals surface area contributed by atoms with Crippen molar-refractivity contribution in [2.24, 2.45) is 0 Å². The first-order valence-corrected chi connectivity index (χ1v) is 5.09. The highest BCUT2D eigenvalue weighted by atomic mass is 35.5. The molecule has 0 saturated carbocycles. The van der Waals surface area contributed by atoms with Crippen LogP contribution < -0.4 is 5.32 Å². The van der Waals surface area contributed by atoms with Crippen LogP contribution in [0, 0.1) is 23.3 Å². The Bertz CT molecular complexity index is 578. The summed E-state index contributed by atoms with van der Waals surface area (Å²) >= 11 is 5.57. The van der Waals surface area contributed by atoms with Crippen molar-refractivity contribution in [1.29, 1.82) is 0 Å².